The summed E-state index contributed by atoms with van der Waals surface area (Å²) in [6.07, 6.45) is 11.1. The minimum Gasteiger partial charge on any atom is -0.376 e. The molecule has 1 unspecified atom stereocenters. The fourth-order valence-electron chi connectivity index (χ4n) is 1.60. The van der Waals surface area contributed by atoms with Crippen LogP contribution in [0.15, 0.2) is 35.6 Å². The molecule has 0 amide bonds. The second kappa shape index (κ2) is 2.97. The third kappa shape index (κ3) is 1.20. The molecule has 1 atom stereocenters. The van der Waals surface area contributed by atoms with Crippen molar-refractivity contribution in [1.82, 2.24) is 5.32 Å². The quantitative estimate of drug-likeness (QED) is 0.464. The summed E-state index contributed by atoms with van der Waals surface area (Å²) in [5, 5.41) is 3.18. The number of fused-ring (bicyclic) bond motifs is 1. The molecule has 2 rings (SSSR count). The fourth-order valence-corrected chi connectivity index (χ4v) is 1.60. The Labute approximate surface area is 71.7 Å². The molecular formula is C10H11NO. The highest BCUT2D eigenvalue weighted by atomic mass is 16.1. The van der Waals surface area contributed by atoms with Gasteiger partial charge in [0.1, 0.15) is 0 Å². The number of rotatable bonds is 1. The zero-order chi connectivity index (χ0) is 8.39. The van der Waals surface area contributed by atoms with E-state index in [0.29, 0.717) is 11.7 Å². The van der Waals surface area contributed by atoms with Crippen molar-refractivity contribution in [3.8, 4) is 0 Å². The Morgan fingerprint density at radius 2 is 2.33 bits per heavy atom. The molecule has 0 saturated heterocycles. The fraction of sp³-hybridized carbons (Fsp3) is 0.300. The molecule has 0 aromatic heterocycles. The van der Waals surface area contributed by atoms with Crippen molar-refractivity contribution in [2.75, 3.05) is 0 Å². The van der Waals surface area contributed by atoms with Crippen molar-refractivity contribution in [2.24, 2.45) is 0 Å². The Morgan fingerprint density at radius 3 is 3.17 bits per heavy atom. The van der Waals surface area contributed by atoms with Crippen molar-refractivity contribution < 1.29 is 4.79 Å². The van der Waals surface area contributed by atoms with Gasteiger partial charge in [-0.3, -0.25) is 4.79 Å². The average molecular weight is 161 g/mol. The summed E-state index contributed by atoms with van der Waals surface area (Å²) in [4.78, 5) is 10.5. The van der Waals surface area contributed by atoms with Gasteiger partial charge in [-0.1, -0.05) is 18.2 Å². The van der Waals surface area contributed by atoms with E-state index >= 15 is 0 Å². The lowest BCUT2D eigenvalue weighted by Gasteiger charge is -2.26. The van der Waals surface area contributed by atoms with Gasteiger partial charge in [-0.2, -0.15) is 0 Å². The van der Waals surface area contributed by atoms with E-state index in [4.69, 9.17) is 0 Å². The third-order valence-corrected chi connectivity index (χ3v) is 2.28. The highest BCUT2D eigenvalue weighted by Crippen LogP contribution is 2.21. The van der Waals surface area contributed by atoms with E-state index in [0.717, 1.165) is 19.1 Å². The maximum absolute atomic E-state index is 10.5. The number of nitrogens with one attached hydrogen (secondary N) is 1. The lowest BCUT2D eigenvalue weighted by atomic mass is 9.93. The third-order valence-electron chi connectivity index (χ3n) is 2.28. The van der Waals surface area contributed by atoms with Gasteiger partial charge in [-0.25, -0.2) is 0 Å². The zero-order valence-corrected chi connectivity index (χ0v) is 6.79. The Kier molecular flexibility index (Phi) is 1.82. The summed E-state index contributed by atoms with van der Waals surface area (Å²) in [6, 6.07) is 0.361. The van der Waals surface area contributed by atoms with E-state index in [9.17, 15) is 4.79 Å². The molecule has 1 N–H and O–H groups in total. The Morgan fingerprint density at radius 1 is 1.42 bits per heavy atom. The summed E-state index contributed by atoms with van der Waals surface area (Å²) >= 11 is 0. The monoisotopic (exact) mass is 161 g/mol. The Balaban J connectivity index is 2.22. The van der Waals surface area contributed by atoms with Gasteiger partial charge >= 0.3 is 0 Å². The highest BCUT2D eigenvalue weighted by Gasteiger charge is 2.17. The van der Waals surface area contributed by atoms with Crippen LogP contribution >= 0.6 is 0 Å². The van der Waals surface area contributed by atoms with Crippen LogP contribution in [0.25, 0.3) is 0 Å². The van der Waals surface area contributed by atoms with Gasteiger partial charge in [0.2, 0.25) is 0 Å². The second-order valence-electron chi connectivity index (χ2n) is 3.09. The van der Waals surface area contributed by atoms with E-state index in [1.54, 1.807) is 0 Å². The van der Waals surface area contributed by atoms with Gasteiger partial charge in [0.15, 0.2) is 6.29 Å². The van der Waals surface area contributed by atoms with Crippen molar-refractivity contribution in [3.63, 3.8) is 0 Å². The molecule has 1 aliphatic heterocycles. The number of hydrogen-bond donors (Lipinski definition) is 1. The van der Waals surface area contributed by atoms with Crippen molar-refractivity contribution in [3.05, 3.63) is 35.6 Å². The van der Waals surface area contributed by atoms with E-state index < -0.39 is 0 Å². The lowest BCUT2D eigenvalue weighted by molar-refractivity contribution is -0.105. The second-order valence-corrected chi connectivity index (χ2v) is 3.09. The van der Waals surface area contributed by atoms with Crippen molar-refractivity contribution in [2.45, 2.75) is 18.9 Å². The van der Waals surface area contributed by atoms with E-state index in [2.05, 4.69) is 23.5 Å². The summed E-state index contributed by atoms with van der Waals surface area (Å²) in [7, 11) is 0. The SMILES string of the molecule is O=CC1=CC=C2CC=CCC2N1. The number of allylic oxidation sites excluding steroid dienone is 4. The molecule has 0 spiro atoms. The van der Waals surface area contributed by atoms with Gasteiger partial charge in [-0.15, -0.1) is 0 Å². The summed E-state index contributed by atoms with van der Waals surface area (Å²) in [6.45, 7) is 0. The molecule has 2 nitrogen and oxygen atoms in total. The molecule has 1 aliphatic carbocycles. The first-order valence-corrected chi connectivity index (χ1v) is 4.17. The molecule has 0 saturated carbocycles. The van der Waals surface area contributed by atoms with Crippen LogP contribution in [0, 0.1) is 0 Å². The smallest absolute Gasteiger partial charge is 0.165 e. The van der Waals surface area contributed by atoms with Gasteiger partial charge in [0.05, 0.1) is 11.7 Å². The van der Waals surface area contributed by atoms with Crippen molar-refractivity contribution >= 4 is 6.29 Å². The highest BCUT2D eigenvalue weighted by molar-refractivity contribution is 5.74. The number of dihydropyridines is 1. The van der Waals surface area contributed by atoms with Crippen LogP contribution in [-0.2, 0) is 4.79 Å². The summed E-state index contributed by atoms with van der Waals surface area (Å²) in [5.74, 6) is 0. The first-order valence-electron chi connectivity index (χ1n) is 4.17. The molecule has 0 aromatic rings. The molecular weight excluding hydrogens is 150 g/mol. The molecule has 1 heterocycles. The van der Waals surface area contributed by atoms with Gasteiger partial charge in [0.25, 0.3) is 0 Å². The standard InChI is InChI=1S/C10H11NO/c12-7-9-6-5-8-3-1-2-4-10(8)11-9/h1-2,5-7,10-11H,3-4H2. The minimum absolute atomic E-state index is 0.361. The zero-order valence-electron chi connectivity index (χ0n) is 6.79. The number of carbonyl (C=O) groups excluding carboxylic acids is 1. The van der Waals surface area contributed by atoms with Crippen LogP contribution in [0.1, 0.15) is 12.8 Å². The normalized spacial score (nSPS) is 26.5. The van der Waals surface area contributed by atoms with E-state index in [1.165, 1.54) is 5.57 Å². The summed E-state index contributed by atoms with van der Waals surface area (Å²) in [5.41, 5.74) is 2.07. The van der Waals surface area contributed by atoms with Gasteiger partial charge in [0, 0.05) is 0 Å². The Hall–Kier alpha value is -1.31. The Bertz CT molecular complexity index is 286. The maximum Gasteiger partial charge on any atom is 0.165 e. The largest absolute Gasteiger partial charge is 0.376 e. The van der Waals surface area contributed by atoms with Crippen LogP contribution in [0.2, 0.25) is 0 Å². The van der Waals surface area contributed by atoms with Crippen LogP contribution in [0.3, 0.4) is 0 Å². The van der Waals surface area contributed by atoms with Crippen LogP contribution in [-0.4, -0.2) is 12.3 Å². The summed E-state index contributed by atoms with van der Waals surface area (Å²) < 4.78 is 0. The molecule has 12 heavy (non-hydrogen) atoms. The van der Waals surface area contributed by atoms with Crippen LogP contribution in [0.5, 0.6) is 0 Å². The van der Waals surface area contributed by atoms with E-state index in [1.807, 2.05) is 6.08 Å². The molecule has 2 aliphatic rings. The maximum atomic E-state index is 10.5. The molecule has 0 bridgehead atoms. The lowest BCUT2D eigenvalue weighted by Crippen LogP contribution is -2.33. The van der Waals surface area contributed by atoms with E-state index in [-0.39, 0.29) is 0 Å². The first-order chi connectivity index (χ1) is 5.90. The minimum atomic E-state index is 0.361. The average Bonchev–Trinajstić information content (AvgIpc) is 2.17. The predicted octanol–water partition coefficient (Wildman–Crippen LogP) is 1.32. The number of aldehydes is 1. The number of hydrogen-bond acceptors (Lipinski definition) is 2. The molecule has 0 aromatic carbocycles. The van der Waals surface area contributed by atoms with Crippen LogP contribution in [0.4, 0.5) is 0 Å². The molecule has 62 valence electrons. The predicted molar refractivity (Wildman–Crippen MR) is 47.5 cm³/mol. The van der Waals surface area contributed by atoms with Crippen molar-refractivity contribution in [1.29, 1.82) is 0 Å². The van der Waals surface area contributed by atoms with Crippen LogP contribution < -0.4 is 5.32 Å². The molecule has 0 radical (unpaired) electrons. The molecule has 2 heteroatoms. The van der Waals surface area contributed by atoms with Gasteiger partial charge in [-0.05, 0) is 24.5 Å². The van der Waals surface area contributed by atoms with Gasteiger partial charge < -0.3 is 5.32 Å². The molecule has 0 fully saturated rings. The topological polar surface area (TPSA) is 29.1 Å². The first kappa shape index (κ1) is 7.35. The number of carbonyl (C=O) groups is 1.